The lowest BCUT2D eigenvalue weighted by molar-refractivity contribution is 0.852. The smallest absolute Gasteiger partial charge is 0.169 e. The number of thioether (sulfide) groups is 1. The molecule has 5 nitrogen and oxygen atoms in total. The molecule has 0 aliphatic carbocycles. The summed E-state index contributed by atoms with van der Waals surface area (Å²) in [5.74, 6) is 0.721. The highest BCUT2D eigenvalue weighted by Gasteiger charge is 2.17. The monoisotopic (exact) mass is 367 g/mol. The van der Waals surface area contributed by atoms with E-state index in [0.717, 1.165) is 33.3 Å². The van der Waals surface area contributed by atoms with Crippen molar-refractivity contribution in [3.05, 3.63) is 65.9 Å². The Bertz CT molecular complexity index is 1020. The number of aromatic nitrogens is 4. The first kappa shape index (κ1) is 15.9. The first-order chi connectivity index (χ1) is 12.3. The topological polar surface area (TPSA) is 55.6 Å². The van der Waals surface area contributed by atoms with Gasteiger partial charge in [0.1, 0.15) is 17.2 Å². The number of rotatable bonds is 4. The molecule has 0 radical (unpaired) electrons. The third kappa shape index (κ3) is 3.06. The Morgan fingerprint density at radius 2 is 1.76 bits per heavy atom. The van der Waals surface area contributed by atoms with Gasteiger partial charge in [-0.1, -0.05) is 29.8 Å². The average molecular weight is 368 g/mol. The maximum absolute atomic E-state index is 5.96. The van der Waals surface area contributed by atoms with Crippen LogP contribution in [0.2, 0.25) is 5.02 Å². The molecule has 7 heteroatoms. The molecule has 0 bridgehead atoms. The number of nitrogens with zero attached hydrogens (tertiary/aromatic N) is 4. The molecule has 124 valence electrons. The van der Waals surface area contributed by atoms with E-state index in [2.05, 4.69) is 15.3 Å². The van der Waals surface area contributed by atoms with Gasteiger partial charge < -0.3 is 5.32 Å². The minimum absolute atomic E-state index is 0.695. The molecule has 25 heavy (non-hydrogen) atoms. The first-order valence-electron chi connectivity index (χ1n) is 7.62. The molecule has 0 unspecified atom stereocenters. The predicted molar refractivity (Wildman–Crippen MR) is 103 cm³/mol. The molecule has 4 aromatic rings. The van der Waals surface area contributed by atoms with Gasteiger partial charge in [-0.05, 0) is 42.7 Å². The summed E-state index contributed by atoms with van der Waals surface area (Å²) in [6, 6.07) is 17.5. The standard InChI is InChI=1S/C18H14ClN5S/c1-25-18-15-16(22-13-9-7-12(19)8-10-13)20-11-21-17(15)24(23-18)14-5-3-2-4-6-14/h2-11H,1H3,(H,20,21,22). The number of nitrogens with one attached hydrogen (secondary N) is 1. The lowest BCUT2D eigenvalue weighted by Gasteiger charge is -2.07. The number of benzene rings is 2. The van der Waals surface area contributed by atoms with Crippen LogP contribution in [0.3, 0.4) is 0 Å². The predicted octanol–water partition coefficient (Wildman–Crippen LogP) is 4.93. The van der Waals surface area contributed by atoms with E-state index in [1.807, 2.05) is 65.5 Å². The molecule has 0 aliphatic rings. The minimum atomic E-state index is 0.695. The zero-order valence-electron chi connectivity index (χ0n) is 13.3. The molecule has 0 spiro atoms. The van der Waals surface area contributed by atoms with E-state index >= 15 is 0 Å². The van der Waals surface area contributed by atoms with E-state index in [4.69, 9.17) is 16.7 Å². The van der Waals surface area contributed by atoms with Crippen LogP contribution in [0.1, 0.15) is 0 Å². The van der Waals surface area contributed by atoms with Crippen molar-refractivity contribution in [2.45, 2.75) is 5.03 Å². The molecule has 0 atom stereocenters. The van der Waals surface area contributed by atoms with Crippen LogP contribution in [0.15, 0.2) is 66.0 Å². The van der Waals surface area contributed by atoms with Gasteiger partial charge in [0.15, 0.2) is 5.65 Å². The average Bonchev–Trinajstić information content (AvgIpc) is 3.04. The van der Waals surface area contributed by atoms with Gasteiger partial charge >= 0.3 is 0 Å². The van der Waals surface area contributed by atoms with E-state index < -0.39 is 0 Å². The van der Waals surface area contributed by atoms with E-state index in [1.165, 1.54) is 0 Å². The van der Waals surface area contributed by atoms with Gasteiger partial charge in [-0.25, -0.2) is 14.6 Å². The first-order valence-corrected chi connectivity index (χ1v) is 9.22. The molecule has 0 saturated carbocycles. The Morgan fingerprint density at radius 1 is 1.00 bits per heavy atom. The zero-order valence-corrected chi connectivity index (χ0v) is 14.9. The van der Waals surface area contributed by atoms with Crippen LogP contribution in [0.5, 0.6) is 0 Å². The van der Waals surface area contributed by atoms with Crippen LogP contribution >= 0.6 is 23.4 Å². The lowest BCUT2D eigenvalue weighted by atomic mass is 10.3. The third-order valence-corrected chi connectivity index (χ3v) is 4.66. The summed E-state index contributed by atoms with van der Waals surface area (Å²) in [5.41, 5.74) is 2.63. The van der Waals surface area contributed by atoms with Crippen molar-refractivity contribution in [2.24, 2.45) is 0 Å². The number of halogens is 1. The molecular formula is C18H14ClN5S. The third-order valence-electron chi connectivity index (χ3n) is 3.73. The van der Waals surface area contributed by atoms with Crippen LogP contribution in [0.4, 0.5) is 11.5 Å². The summed E-state index contributed by atoms with van der Waals surface area (Å²) in [4.78, 5) is 8.88. The van der Waals surface area contributed by atoms with E-state index in [1.54, 1.807) is 18.1 Å². The van der Waals surface area contributed by atoms with E-state index in [-0.39, 0.29) is 0 Å². The largest absolute Gasteiger partial charge is 0.339 e. The summed E-state index contributed by atoms with van der Waals surface area (Å²) in [7, 11) is 0. The Labute approximate surface area is 154 Å². The highest BCUT2D eigenvalue weighted by Crippen LogP contribution is 2.32. The van der Waals surface area contributed by atoms with Crippen LogP contribution in [-0.4, -0.2) is 26.0 Å². The molecule has 0 fully saturated rings. The highest BCUT2D eigenvalue weighted by molar-refractivity contribution is 7.98. The van der Waals surface area contributed by atoms with E-state index in [0.29, 0.717) is 5.02 Å². The van der Waals surface area contributed by atoms with Crippen LogP contribution in [-0.2, 0) is 0 Å². The minimum Gasteiger partial charge on any atom is -0.339 e. The molecule has 2 aromatic carbocycles. The van der Waals surface area contributed by atoms with Crippen molar-refractivity contribution < 1.29 is 0 Å². The van der Waals surface area contributed by atoms with Crippen LogP contribution in [0.25, 0.3) is 16.7 Å². The number of hydrogen-bond donors (Lipinski definition) is 1. The SMILES string of the molecule is CSc1nn(-c2ccccc2)c2ncnc(Nc3ccc(Cl)cc3)c12. The number of para-hydroxylation sites is 1. The van der Waals surface area contributed by atoms with Crippen LogP contribution in [0, 0.1) is 0 Å². The Kier molecular flexibility index (Phi) is 4.29. The van der Waals surface area contributed by atoms with Crippen LogP contribution < -0.4 is 5.32 Å². The molecule has 2 heterocycles. The second kappa shape index (κ2) is 6.74. The lowest BCUT2D eigenvalue weighted by Crippen LogP contribution is -1.99. The van der Waals surface area contributed by atoms with Gasteiger partial charge in [0.05, 0.1) is 11.1 Å². The van der Waals surface area contributed by atoms with Crippen molar-refractivity contribution in [1.29, 1.82) is 0 Å². The summed E-state index contributed by atoms with van der Waals surface area (Å²) in [5, 5.41) is 10.5. The maximum atomic E-state index is 5.96. The molecule has 4 rings (SSSR count). The summed E-state index contributed by atoms with van der Waals surface area (Å²) >= 11 is 7.53. The van der Waals surface area contributed by atoms with Crippen molar-refractivity contribution >= 4 is 45.9 Å². The molecular weight excluding hydrogens is 354 g/mol. The molecule has 0 saturated heterocycles. The van der Waals surface area contributed by atoms with Gasteiger partial charge in [0.25, 0.3) is 0 Å². The Balaban J connectivity index is 1.86. The molecule has 0 aliphatic heterocycles. The number of fused-ring (bicyclic) bond motifs is 1. The Morgan fingerprint density at radius 3 is 2.48 bits per heavy atom. The fourth-order valence-corrected chi connectivity index (χ4v) is 3.26. The fourth-order valence-electron chi connectivity index (χ4n) is 2.58. The van der Waals surface area contributed by atoms with Crippen molar-refractivity contribution in [3.8, 4) is 5.69 Å². The van der Waals surface area contributed by atoms with Gasteiger partial charge in [0.2, 0.25) is 0 Å². The summed E-state index contributed by atoms with van der Waals surface area (Å²) in [6.07, 6.45) is 3.54. The number of hydrogen-bond acceptors (Lipinski definition) is 5. The zero-order chi connectivity index (χ0) is 17.2. The maximum Gasteiger partial charge on any atom is 0.169 e. The summed E-state index contributed by atoms with van der Waals surface area (Å²) < 4.78 is 1.84. The highest BCUT2D eigenvalue weighted by atomic mass is 35.5. The second-order valence-electron chi connectivity index (χ2n) is 5.31. The quantitative estimate of drug-likeness (QED) is 0.518. The van der Waals surface area contributed by atoms with Crippen molar-refractivity contribution in [1.82, 2.24) is 19.7 Å². The fraction of sp³-hybridized carbons (Fsp3) is 0.0556. The molecule has 1 N–H and O–H groups in total. The number of anilines is 2. The van der Waals surface area contributed by atoms with E-state index in [9.17, 15) is 0 Å². The van der Waals surface area contributed by atoms with Gasteiger partial charge in [-0.2, -0.15) is 5.10 Å². The van der Waals surface area contributed by atoms with Gasteiger partial charge in [0, 0.05) is 10.7 Å². The van der Waals surface area contributed by atoms with Crippen molar-refractivity contribution in [2.75, 3.05) is 11.6 Å². The molecule has 2 aromatic heterocycles. The Hall–Kier alpha value is -2.57. The second-order valence-corrected chi connectivity index (χ2v) is 6.54. The normalized spacial score (nSPS) is 11.0. The van der Waals surface area contributed by atoms with Crippen molar-refractivity contribution in [3.63, 3.8) is 0 Å². The molecule has 0 amide bonds. The van der Waals surface area contributed by atoms with Gasteiger partial charge in [-0.3, -0.25) is 0 Å². The summed E-state index contributed by atoms with van der Waals surface area (Å²) in [6.45, 7) is 0. The van der Waals surface area contributed by atoms with Gasteiger partial charge in [-0.15, -0.1) is 11.8 Å².